The highest BCUT2D eigenvalue weighted by atomic mass is 16.3. The van der Waals surface area contributed by atoms with Gasteiger partial charge in [0.25, 0.3) is 5.56 Å². The lowest BCUT2D eigenvalue weighted by molar-refractivity contribution is 0.0989. The highest BCUT2D eigenvalue weighted by molar-refractivity contribution is 6.05. The van der Waals surface area contributed by atoms with Gasteiger partial charge in [-0.25, -0.2) is 4.68 Å². The number of carbonyl (C=O) groups excluding carboxylic acids is 1. The third-order valence-electron chi connectivity index (χ3n) is 5.21. The zero-order chi connectivity index (χ0) is 21.4. The second kappa shape index (κ2) is 7.55. The first-order valence-corrected chi connectivity index (χ1v) is 9.69. The zero-order valence-electron chi connectivity index (χ0n) is 16.9. The monoisotopic (exact) mass is 403 g/mol. The van der Waals surface area contributed by atoms with Gasteiger partial charge in [0, 0.05) is 17.3 Å². The first-order chi connectivity index (χ1) is 14.4. The number of rotatable bonds is 4. The van der Waals surface area contributed by atoms with Gasteiger partial charge in [0.15, 0.2) is 11.4 Å². The lowest BCUT2D eigenvalue weighted by Crippen LogP contribution is -2.25. The first kappa shape index (κ1) is 19.5. The molecule has 4 rings (SSSR count). The van der Waals surface area contributed by atoms with Crippen LogP contribution >= 0.6 is 0 Å². The summed E-state index contributed by atoms with van der Waals surface area (Å²) >= 11 is 0. The maximum absolute atomic E-state index is 12.9. The van der Waals surface area contributed by atoms with Gasteiger partial charge < -0.3 is 10.1 Å². The Balaban J connectivity index is 1.81. The van der Waals surface area contributed by atoms with Crippen molar-refractivity contribution in [2.45, 2.75) is 33.7 Å². The summed E-state index contributed by atoms with van der Waals surface area (Å²) in [5, 5.41) is 23.8. The molecule has 0 aliphatic carbocycles. The summed E-state index contributed by atoms with van der Waals surface area (Å²) in [6.07, 6.45) is 0.697. The first-order valence-electron chi connectivity index (χ1n) is 9.69. The van der Waals surface area contributed by atoms with Crippen LogP contribution < -0.4 is 5.56 Å². The van der Waals surface area contributed by atoms with E-state index in [4.69, 9.17) is 0 Å². The fraction of sp³-hybridized carbons (Fsp3) is 0.227. The number of aryl methyl sites for hydroxylation is 3. The molecule has 0 radical (unpaired) electrons. The second-order valence-corrected chi connectivity index (χ2v) is 7.18. The molecule has 0 spiro atoms. The number of fused-ring (bicyclic) bond motifs is 2. The van der Waals surface area contributed by atoms with E-state index in [0.717, 1.165) is 16.6 Å². The van der Waals surface area contributed by atoms with E-state index in [1.54, 1.807) is 24.3 Å². The summed E-state index contributed by atoms with van der Waals surface area (Å²) in [6.45, 7) is 6.23. The van der Waals surface area contributed by atoms with Crippen LogP contribution in [0.15, 0.2) is 51.4 Å². The summed E-state index contributed by atoms with van der Waals surface area (Å²) < 4.78 is 1.28. The summed E-state index contributed by atoms with van der Waals surface area (Å²) in [5.41, 5.74) is 2.78. The van der Waals surface area contributed by atoms with E-state index in [1.165, 1.54) is 4.68 Å². The molecule has 0 bridgehead atoms. The number of aromatic nitrogens is 3. The molecule has 0 saturated heterocycles. The molecule has 4 aromatic rings. The molecule has 152 valence electrons. The summed E-state index contributed by atoms with van der Waals surface area (Å²) in [7, 11) is 0. The molecule has 2 N–H and O–H groups in total. The summed E-state index contributed by atoms with van der Waals surface area (Å²) in [4.78, 5) is 28.3. The van der Waals surface area contributed by atoms with Crippen LogP contribution in [0.2, 0.25) is 0 Å². The predicted octanol–water partition coefficient (Wildman–Crippen LogP) is 4.53. The minimum absolute atomic E-state index is 0.0498. The molecule has 2 aromatic carbocycles. The Morgan fingerprint density at radius 1 is 1.13 bits per heavy atom. The van der Waals surface area contributed by atoms with Gasteiger partial charge in [-0.15, -0.1) is 10.2 Å². The summed E-state index contributed by atoms with van der Waals surface area (Å²) in [6, 6.07) is 10.5. The van der Waals surface area contributed by atoms with E-state index < -0.39 is 5.91 Å². The molecule has 2 aromatic heterocycles. The Bertz CT molecular complexity index is 1380. The number of hydrogen-bond donors (Lipinski definition) is 2. The topological polar surface area (TPSA) is 113 Å². The van der Waals surface area contributed by atoms with Crippen LogP contribution in [0.1, 0.15) is 35.0 Å². The molecular weight excluding hydrogens is 382 g/mol. The van der Waals surface area contributed by atoms with Crippen molar-refractivity contribution in [1.82, 2.24) is 14.8 Å². The summed E-state index contributed by atoms with van der Waals surface area (Å²) in [5.74, 6) is -0.849. The van der Waals surface area contributed by atoms with Crippen molar-refractivity contribution >= 4 is 33.3 Å². The molecule has 30 heavy (non-hydrogen) atoms. The largest absolute Gasteiger partial charge is 0.493 e. The highest BCUT2D eigenvalue weighted by Crippen LogP contribution is 2.37. The molecule has 0 aliphatic heterocycles. The number of nitrogens with one attached hydrogen (secondary N) is 1. The SMILES string of the molecule is CCCn1nc(C(=O)N=Nc2c(O)[nH]c3c(C)c(C)ccc23)c2ccccc2c1=O. The number of H-pyrrole nitrogens is 1. The van der Waals surface area contributed by atoms with Crippen LogP contribution in [0.3, 0.4) is 0 Å². The highest BCUT2D eigenvalue weighted by Gasteiger charge is 2.18. The predicted molar refractivity (Wildman–Crippen MR) is 115 cm³/mol. The van der Waals surface area contributed by atoms with Gasteiger partial charge in [-0.3, -0.25) is 9.59 Å². The normalized spacial score (nSPS) is 11.7. The molecular formula is C22H21N5O3. The molecule has 8 nitrogen and oxygen atoms in total. The Hall–Kier alpha value is -3.81. The number of nitrogens with zero attached hydrogens (tertiary/aromatic N) is 4. The lowest BCUT2D eigenvalue weighted by Gasteiger charge is -2.07. The van der Waals surface area contributed by atoms with Gasteiger partial charge in [0.05, 0.1) is 10.9 Å². The number of aromatic amines is 1. The van der Waals surface area contributed by atoms with Gasteiger partial charge in [0.1, 0.15) is 0 Å². The molecule has 0 atom stereocenters. The number of amides is 1. The number of hydrogen-bond acceptors (Lipinski definition) is 5. The van der Waals surface area contributed by atoms with Crippen LogP contribution in [-0.2, 0) is 6.54 Å². The van der Waals surface area contributed by atoms with Crippen molar-refractivity contribution in [2.75, 3.05) is 0 Å². The average Bonchev–Trinajstić information content (AvgIpc) is 3.07. The zero-order valence-corrected chi connectivity index (χ0v) is 16.9. The maximum Gasteiger partial charge on any atom is 0.316 e. The van der Waals surface area contributed by atoms with E-state index in [0.29, 0.717) is 29.1 Å². The molecule has 0 unspecified atom stereocenters. The lowest BCUT2D eigenvalue weighted by atomic mass is 10.1. The smallest absolute Gasteiger partial charge is 0.316 e. The molecule has 0 fully saturated rings. The third kappa shape index (κ3) is 3.16. The van der Waals surface area contributed by atoms with E-state index in [-0.39, 0.29) is 22.8 Å². The fourth-order valence-electron chi connectivity index (χ4n) is 3.48. The van der Waals surface area contributed by atoms with E-state index >= 15 is 0 Å². The van der Waals surface area contributed by atoms with Gasteiger partial charge in [-0.2, -0.15) is 5.10 Å². The van der Waals surface area contributed by atoms with Crippen molar-refractivity contribution < 1.29 is 9.90 Å². The van der Waals surface area contributed by atoms with Crippen LogP contribution in [0.5, 0.6) is 5.88 Å². The van der Waals surface area contributed by atoms with E-state index in [2.05, 4.69) is 20.3 Å². The third-order valence-corrected chi connectivity index (χ3v) is 5.21. The van der Waals surface area contributed by atoms with E-state index in [1.807, 2.05) is 32.9 Å². The van der Waals surface area contributed by atoms with Crippen LogP contribution in [0, 0.1) is 13.8 Å². The fourth-order valence-corrected chi connectivity index (χ4v) is 3.48. The van der Waals surface area contributed by atoms with Gasteiger partial charge in [-0.1, -0.05) is 37.3 Å². The van der Waals surface area contributed by atoms with Gasteiger partial charge in [0.2, 0.25) is 5.88 Å². The number of benzene rings is 2. The number of aromatic hydroxyl groups is 1. The van der Waals surface area contributed by atoms with Crippen LogP contribution in [0.4, 0.5) is 5.69 Å². The Morgan fingerprint density at radius 3 is 2.60 bits per heavy atom. The van der Waals surface area contributed by atoms with Crippen molar-refractivity contribution in [3.8, 4) is 5.88 Å². The van der Waals surface area contributed by atoms with E-state index in [9.17, 15) is 14.7 Å². The minimum atomic E-state index is -0.686. The van der Waals surface area contributed by atoms with Crippen molar-refractivity contribution in [1.29, 1.82) is 0 Å². The molecule has 1 amide bonds. The Morgan fingerprint density at radius 2 is 1.87 bits per heavy atom. The number of carbonyl (C=O) groups is 1. The second-order valence-electron chi connectivity index (χ2n) is 7.18. The van der Waals surface area contributed by atoms with Crippen LogP contribution in [0.25, 0.3) is 21.7 Å². The Kier molecular flexibility index (Phi) is 4.91. The minimum Gasteiger partial charge on any atom is -0.493 e. The van der Waals surface area contributed by atoms with Gasteiger partial charge >= 0.3 is 5.91 Å². The molecule has 0 saturated carbocycles. The van der Waals surface area contributed by atoms with Crippen molar-refractivity contribution in [2.24, 2.45) is 10.2 Å². The Labute approximate surface area is 171 Å². The number of azo groups is 1. The van der Waals surface area contributed by atoms with Crippen molar-refractivity contribution in [3.63, 3.8) is 0 Å². The quantitative estimate of drug-likeness (QED) is 0.487. The molecule has 2 heterocycles. The maximum atomic E-state index is 12.9. The standard InChI is InChI=1S/C22H21N5O3/c1-4-11-27-22(30)15-8-6-5-7-14(15)19(26-27)21(29)25-24-18-16-10-9-12(2)13(3)17(16)23-20(18)28/h5-10,23,28H,4,11H2,1-3H3. The molecule has 8 heteroatoms. The molecule has 0 aliphatic rings. The van der Waals surface area contributed by atoms with Crippen molar-refractivity contribution in [3.05, 3.63) is 63.6 Å². The van der Waals surface area contributed by atoms with Gasteiger partial charge in [-0.05, 0) is 37.5 Å². The van der Waals surface area contributed by atoms with Crippen LogP contribution in [-0.4, -0.2) is 25.8 Å². The average molecular weight is 403 g/mol.